The van der Waals surface area contributed by atoms with E-state index in [1.54, 1.807) is 23.7 Å². The molecule has 0 aliphatic carbocycles. The van der Waals surface area contributed by atoms with Gasteiger partial charge in [0.2, 0.25) is 0 Å². The number of ether oxygens (including phenoxy) is 1. The zero-order chi connectivity index (χ0) is 29.2. The lowest BCUT2D eigenvalue weighted by Gasteiger charge is -2.19. The van der Waals surface area contributed by atoms with E-state index in [-0.39, 0.29) is 12.1 Å². The third-order valence-corrected chi connectivity index (χ3v) is 9.20. The number of thiophene rings is 2. The molecule has 1 aliphatic heterocycles. The number of benzene rings is 3. The lowest BCUT2D eigenvalue weighted by molar-refractivity contribution is 0.490. The van der Waals surface area contributed by atoms with E-state index in [4.69, 9.17) is 13.8 Å². The Hall–Kier alpha value is -3.87. The summed E-state index contributed by atoms with van der Waals surface area (Å²) in [4.78, 5) is 8.13. The van der Waals surface area contributed by atoms with E-state index < -0.39 is 6.98 Å². The molecule has 3 aromatic heterocycles. The van der Waals surface area contributed by atoms with E-state index in [0.29, 0.717) is 5.75 Å². The molecule has 0 amide bonds. The molecule has 0 N–H and O–H groups in total. The number of anilines is 1. The first-order chi connectivity index (χ1) is 20.0. The average molecular weight is 551 g/mol. The quantitative estimate of drug-likeness (QED) is 0.218. The highest BCUT2D eigenvalue weighted by Crippen LogP contribution is 2.48. The SMILES string of the molecule is [2H]C([2H])([2H])N1C=CN(c2cccc(Oc3cc4c(-c5cc(C(C)(C)C)ccn5)c5c(cc4s3)sc3ccccc35)c2)C1. The normalized spacial score (nSPS) is 15.3. The molecule has 3 aromatic carbocycles. The van der Waals surface area contributed by atoms with Crippen LogP contribution in [0.3, 0.4) is 0 Å². The zero-order valence-electron chi connectivity index (χ0n) is 24.9. The highest BCUT2D eigenvalue weighted by Gasteiger charge is 2.21. The van der Waals surface area contributed by atoms with Crippen LogP contribution in [0.5, 0.6) is 10.8 Å². The van der Waals surface area contributed by atoms with Gasteiger partial charge in [-0.3, -0.25) is 4.98 Å². The topological polar surface area (TPSA) is 28.6 Å². The van der Waals surface area contributed by atoms with E-state index in [2.05, 4.69) is 69.3 Å². The third kappa shape index (κ3) is 4.34. The second-order valence-corrected chi connectivity index (χ2v) is 13.0. The van der Waals surface area contributed by atoms with Gasteiger partial charge in [0.05, 0.1) is 12.4 Å². The van der Waals surface area contributed by atoms with Crippen molar-refractivity contribution >= 4 is 58.6 Å². The Bertz CT molecular complexity index is 2000. The third-order valence-electron chi connectivity index (χ3n) is 7.12. The summed E-state index contributed by atoms with van der Waals surface area (Å²) in [6.07, 6.45) is 5.31. The van der Waals surface area contributed by atoms with E-state index in [1.807, 2.05) is 46.7 Å². The average Bonchev–Trinajstić information content (AvgIpc) is 3.68. The monoisotopic (exact) mass is 550 g/mol. The van der Waals surface area contributed by atoms with Gasteiger partial charge in [-0.15, -0.1) is 11.3 Å². The maximum absolute atomic E-state index is 7.69. The van der Waals surface area contributed by atoms with Crippen molar-refractivity contribution < 1.29 is 8.85 Å². The smallest absolute Gasteiger partial charge is 0.182 e. The molecule has 0 radical (unpaired) electrons. The standard InChI is InChI=1S/C33H29N3OS2/c1-33(2,3)21-12-13-34-26(16-21)31-25-18-30(37-23-9-7-8-22(17-23)36-15-14-35(4)20-36)39-28(25)19-29-32(31)24-10-5-6-11-27(24)38-29/h5-19H,20H2,1-4H3/i4D3. The second-order valence-electron chi connectivity index (χ2n) is 10.9. The molecule has 6 aromatic rings. The Morgan fingerprint density at radius 2 is 1.77 bits per heavy atom. The van der Waals surface area contributed by atoms with Gasteiger partial charge in [-0.2, -0.15) is 0 Å². The largest absolute Gasteiger partial charge is 0.447 e. The van der Waals surface area contributed by atoms with Crippen molar-refractivity contribution in [3.05, 3.63) is 97.0 Å². The first kappa shape index (κ1) is 21.0. The molecule has 0 spiro atoms. The maximum atomic E-state index is 7.69. The number of hydrogen-bond acceptors (Lipinski definition) is 6. The highest BCUT2D eigenvalue weighted by atomic mass is 32.1. The molecule has 0 fully saturated rings. The van der Waals surface area contributed by atoms with Gasteiger partial charge in [0.1, 0.15) is 5.75 Å². The molecule has 7 rings (SSSR count). The molecule has 0 saturated heterocycles. The number of pyridine rings is 1. The van der Waals surface area contributed by atoms with Crippen molar-refractivity contribution in [2.45, 2.75) is 26.2 Å². The van der Waals surface area contributed by atoms with Crippen molar-refractivity contribution in [3.63, 3.8) is 0 Å². The number of rotatable bonds is 4. The van der Waals surface area contributed by atoms with E-state index >= 15 is 0 Å². The summed E-state index contributed by atoms with van der Waals surface area (Å²) in [7, 11) is 0. The summed E-state index contributed by atoms with van der Waals surface area (Å²) < 4.78 is 33.1. The van der Waals surface area contributed by atoms with Gasteiger partial charge in [-0.25, -0.2) is 0 Å². The lowest BCUT2D eigenvalue weighted by atomic mass is 9.86. The van der Waals surface area contributed by atoms with Crippen molar-refractivity contribution in [1.29, 1.82) is 0 Å². The van der Waals surface area contributed by atoms with Gasteiger partial charge in [0.25, 0.3) is 0 Å². The van der Waals surface area contributed by atoms with Crippen LogP contribution in [0.4, 0.5) is 5.69 Å². The van der Waals surface area contributed by atoms with Crippen LogP contribution in [0.2, 0.25) is 0 Å². The van der Waals surface area contributed by atoms with Crippen molar-refractivity contribution in [3.8, 4) is 22.1 Å². The predicted molar refractivity (Wildman–Crippen MR) is 167 cm³/mol. The predicted octanol–water partition coefficient (Wildman–Crippen LogP) is 9.60. The van der Waals surface area contributed by atoms with Crippen LogP contribution in [0.15, 0.2) is 91.4 Å². The Morgan fingerprint density at radius 3 is 2.62 bits per heavy atom. The first-order valence-corrected chi connectivity index (χ1v) is 14.5. The minimum absolute atomic E-state index is 0.000398. The summed E-state index contributed by atoms with van der Waals surface area (Å²) in [5.74, 6) is 0.696. The van der Waals surface area contributed by atoms with Gasteiger partial charge in [0.15, 0.2) is 5.06 Å². The molecule has 0 saturated carbocycles. The van der Waals surface area contributed by atoms with Crippen molar-refractivity contribution in [2.75, 3.05) is 18.5 Å². The van der Waals surface area contributed by atoms with Crippen LogP contribution in [0.25, 0.3) is 41.5 Å². The first-order valence-electron chi connectivity index (χ1n) is 14.4. The van der Waals surface area contributed by atoms with Crippen LogP contribution in [-0.4, -0.2) is 23.5 Å². The fourth-order valence-electron chi connectivity index (χ4n) is 5.14. The number of aromatic nitrogens is 1. The summed E-state index contributed by atoms with van der Waals surface area (Å²) >= 11 is 3.43. The highest BCUT2D eigenvalue weighted by molar-refractivity contribution is 7.26. The van der Waals surface area contributed by atoms with Crippen molar-refractivity contribution in [2.24, 2.45) is 0 Å². The molecule has 0 atom stereocenters. The van der Waals surface area contributed by atoms with Crippen LogP contribution < -0.4 is 9.64 Å². The zero-order valence-corrected chi connectivity index (χ0v) is 23.6. The summed E-state index contributed by atoms with van der Waals surface area (Å²) in [5.41, 5.74) is 4.21. The van der Waals surface area contributed by atoms with Gasteiger partial charge in [-0.1, -0.05) is 56.4 Å². The molecule has 4 heterocycles. The molecule has 39 heavy (non-hydrogen) atoms. The second kappa shape index (κ2) is 9.11. The van der Waals surface area contributed by atoms with Gasteiger partial charge in [0, 0.05) is 83.3 Å². The molecular formula is C33H29N3OS2. The number of fused-ring (bicyclic) bond motifs is 4. The minimum Gasteiger partial charge on any atom is -0.447 e. The van der Waals surface area contributed by atoms with Gasteiger partial charge in [-0.05, 0) is 47.4 Å². The maximum Gasteiger partial charge on any atom is 0.182 e. The Kier molecular flexibility index (Phi) is 4.91. The van der Waals surface area contributed by atoms with E-state index in [0.717, 1.165) is 32.1 Å². The van der Waals surface area contributed by atoms with E-state index in [9.17, 15) is 0 Å². The number of hydrogen-bond donors (Lipinski definition) is 0. The van der Waals surface area contributed by atoms with Crippen LogP contribution in [0.1, 0.15) is 30.4 Å². The Balaban J connectivity index is 1.32. The molecule has 1 aliphatic rings. The Labute approximate surface area is 240 Å². The lowest BCUT2D eigenvalue weighted by Crippen LogP contribution is -2.21. The summed E-state index contributed by atoms with van der Waals surface area (Å²) in [6, 6.07) is 25.1. The molecule has 194 valence electrons. The summed E-state index contributed by atoms with van der Waals surface area (Å²) in [6.45, 7) is 4.77. The molecule has 0 bridgehead atoms. The van der Waals surface area contributed by atoms with E-state index in [1.165, 1.54) is 30.6 Å². The molecular weight excluding hydrogens is 519 g/mol. The van der Waals surface area contributed by atoms with Crippen LogP contribution in [-0.2, 0) is 5.41 Å². The van der Waals surface area contributed by atoms with Crippen LogP contribution in [0, 0.1) is 0 Å². The fourth-order valence-corrected chi connectivity index (χ4v) is 7.35. The summed E-state index contributed by atoms with van der Waals surface area (Å²) in [5, 5.41) is 4.38. The number of nitrogens with zero attached hydrogens (tertiary/aromatic N) is 3. The molecule has 6 heteroatoms. The van der Waals surface area contributed by atoms with Crippen molar-refractivity contribution in [1.82, 2.24) is 9.88 Å². The van der Waals surface area contributed by atoms with Crippen LogP contribution >= 0.6 is 22.7 Å². The van der Waals surface area contributed by atoms with Gasteiger partial charge >= 0.3 is 0 Å². The molecule has 0 unspecified atom stereocenters. The van der Waals surface area contributed by atoms with Gasteiger partial charge < -0.3 is 14.5 Å². The fraction of sp³-hybridized carbons (Fsp3) is 0.182. The minimum atomic E-state index is -2.17. The molecule has 4 nitrogen and oxygen atoms in total. The Morgan fingerprint density at radius 1 is 0.872 bits per heavy atom.